The Morgan fingerprint density at radius 2 is 2.18 bits per heavy atom. The van der Waals surface area contributed by atoms with Crippen LogP contribution < -0.4 is 5.73 Å². The van der Waals surface area contributed by atoms with Crippen molar-refractivity contribution in [2.75, 3.05) is 6.61 Å². The van der Waals surface area contributed by atoms with Crippen molar-refractivity contribution < 1.29 is 9.47 Å². The summed E-state index contributed by atoms with van der Waals surface area (Å²) in [6, 6.07) is 0.0955. The third-order valence-corrected chi connectivity index (χ3v) is 1.87. The van der Waals surface area contributed by atoms with Crippen LogP contribution in [0.4, 0.5) is 0 Å². The largest absolute Gasteiger partial charge is 0.350 e. The van der Waals surface area contributed by atoms with Crippen LogP contribution in [0, 0.1) is 0 Å². The third kappa shape index (κ3) is 2.43. The van der Waals surface area contributed by atoms with Gasteiger partial charge >= 0.3 is 0 Å². The molecule has 0 aliphatic carbocycles. The summed E-state index contributed by atoms with van der Waals surface area (Å²) in [6.45, 7) is 6.55. The molecule has 11 heavy (non-hydrogen) atoms. The SMILES string of the molecule is CC(N)[C@H]1CCOC(C)(C)O1. The number of nitrogens with two attached hydrogens (primary N) is 1. The predicted octanol–water partition coefficient (Wildman–Crippen LogP) is 0.875. The lowest BCUT2D eigenvalue weighted by Crippen LogP contribution is -2.46. The van der Waals surface area contributed by atoms with Crippen molar-refractivity contribution in [2.45, 2.75) is 45.1 Å². The van der Waals surface area contributed by atoms with Gasteiger partial charge in [0.15, 0.2) is 5.79 Å². The Hall–Kier alpha value is -0.120. The fourth-order valence-electron chi connectivity index (χ4n) is 1.25. The predicted molar refractivity (Wildman–Crippen MR) is 43.2 cm³/mol. The van der Waals surface area contributed by atoms with Gasteiger partial charge in [-0.1, -0.05) is 0 Å². The van der Waals surface area contributed by atoms with Crippen LogP contribution in [0.25, 0.3) is 0 Å². The molecule has 3 heteroatoms. The Morgan fingerprint density at radius 1 is 1.55 bits per heavy atom. The molecule has 1 saturated heterocycles. The van der Waals surface area contributed by atoms with E-state index >= 15 is 0 Å². The van der Waals surface area contributed by atoms with E-state index in [2.05, 4.69) is 0 Å². The summed E-state index contributed by atoms with van der Waals surface area (Å²) in [7, 11) is 0. The van der Waals surface area contributed by atoms with Gasteiger partial charge in [-0.15, -0.1) is 0 Å². The molecule has 0 aromatic carbocycles. The normalized spacial score (nSPS) is 33.3. The van der Waals surface area contributed by atoms with Crippen LogP contribution in [-0.2, 0) is 9.47 Å². The first-order valence-electron chi connectivity index (χ1n) is 4.08. The van der Waals surface area contributed by atoms with E-state index < -0.39 is 5.79 Å². The lowest BCUT2D eigenvalue weighted by molar-refractivity contribution is -0.275. The van der Waals surface area contributed by atoms with Crippen molar-refractivity contribution in [1.82, 2.24) is 0 Å². The minimum Gasteiger partial charge on any atom is -0.350 e. The summed E-state index contributed by atoms with van der Waals surface area (Å²) in [5, 5.41) is 0. The second-order valence-corrected chi connectivity index (χ2v) is 3.55. The minimum absolute atomic E-state index is 0.0955. The topological polar surface area (TPSA) is 44.5 Å². The van der Waals surface area contributed by atoms with Gasteiger partial charge in [0.1, 0.15) is 0 Å². The second-order valence-electron chi connectivity index (χ2n) is 3.55. The maximum absolute atomic E-state index is 5.71. The van der Waals surface area contributed by atoms with Crippen molar-refractivity contribution in [3.63, 3.8) is 0 Å². The summed E-state index contributed by atoms with van der Waals surface area (Å²) >= 11 is 0. The van der Waals surface area contributed by atoms with Gasteiger partial charge in [0.25, 0.3) is 0 Å². The average Bonchev–Trinajstić information content (AvgIpc) is 1.85. The third-order valence-electron chi connectivity index (χ3n) is 1.87. The van der Waals surface area contributed by atoms with Crippen molar-refractivity contribution in [2.24, 2.45) is 5.73 Å². The number of ether oxygens (including phenoxy) is 2. The molecule has 0 aromatic heterocycles. The monoisotopic (exact) mass is 159 g/mol. The van der Waals surface area contributed by atoms with Gasteiger partial charge in [-0.3, -0.25) is 0 Å². The van der Waals surface area contributed by atoms with Gasteiger partial charge in [0.05, 0.1) is 12.7 Å². The molecule has 66 valence electrons. The summed E-state index contributed by atoms with van der Waals surface area (Å²) in [5.74, 6) is -0.448. The summed E-state index contributed by atoms with van der Waals surface area (Å²) in [4.78, 5) is 0. The number of hydrogen-bond acceptors (Lipinski definition) is 3. The second kappa shape index (κ2) is 3.09. The van der Waals surface area contributed by atoms with Crippen molar-refractivity contribution >= 4 is 0 Å². The Morgan fingerprint density at radius 3 is 2.55 bits per heavy atom. The molecule has 0 radical (unpaired) electrons. The van der Waals surface area contributed by atoms with Crippen molar-refractivity contribution in [1.29, 1.82) is 0 Å². The summed E-state index contributed by atoms with van der Waals surface area (Å²) in [6.07, 6.45) is 1.06. The van der Waals surface area contributed by atoms with Crippen LogP contribution >= 0.6 is 0 Å². The highest BCUT2D eigenvalue weighted by molar-refractivity contribution is 4.75. The molecule has 1 aliphatic rings. The Labute approximate surface area is 67.9 Å². The number of rotatable bonds is 1. The molecular weight excluding hydrogens is 142 g/mol. The lowest BCUT2D eigenvalue weighted by atomic mass is 10.1. The van der Waals surface area contributed by atoms with Gasteiger partial charge in [-0.2, -0.15) is 0 Å². The maximum atomic E-state index is 5.71. The molecule has 0 bridgehead atoms. The van der Waals surface area contributed by atoms with E-state index in [1.807, 2.05) is 20.8 Å². The Balaban J connectivity index is 2.46. The van der Waals surface area contributed by atoms with E-state index in [1.54, 1.807) is 0 Å². The van der Waals surface area contributed by atoms with Crippen LogP contribution in [-0.4, -0.2) is 24.5 Å². The van der Waals surface area contributed by atoms with E-state index in [1.165, 1.54) is 0 Å². The quantitative estimate of drug-likeness (QED) is 0.617. The molecule has 1 aliphatic heterocycles. The van der Waals surface area contributed by atoms with Gasteiger partial charge in [0.2, 0.25) is 0 Å². The van der Waals surface area contributed by atoms with Gasteiger partial charge < -0.3 is 15.2 Å². The minimum atomic E-state index is -0.448. The summed E-state index contributed by atoms with van der Waals surface area (Å²) < 4.78 is 11.0. The number of hydrogen-bond donors (Lipinski definition) is 1. The van der Waals surface area contributed by atoms with Crippen LogP contribution in [0.1, 0.15) is 27.2 Å². The van der Waals surface area contributed by atoms with E-state index in [0.717, 1.165) is 13.0 Å². The first kappa shape index (κ1) is 8.97. The fraction of sp³-hybridized carbons (Fsp3) is 1.00. The van der Waals surface area contributed by atoms with Gasteiger partial charge in [-0.25, -0.2) is 0 Å². The molecule has 0 aromatic rings. The smallest absolute Gasteiger partial charge is 0.163 e. The molecule has 0 saturated carbocycles. The first-order chi connectivity index (χ1) is 5.01. The van der Waals surface area contributed by atoms with Crippen LogP contribution in [0.5, 0.6) is 0 Å². The zero-order valence-corrected chi connectivity index (χ0v) is 7.46. The Bertz CT molecular complexity index is 134. The highest BCUT2D eigenvalue weighted by Crippen LogP contribution is 2.22. The average molecular weight is 159 g/mol. The molecule has 2 atom stereocenters. The zero-order chi connectivity index (χ0) is 8.48. The first-order valence-corrected chi connectivity index (χ1v) is 4.08. The molecule has 1 unspecified atom stereocenters. The van der Waals surface area contributed by atoms with E-state index in [9.17, 15) is 0 Å². The van der Waals surface area contributed by atoms with Gasteiger partial charge in [-0.05, 0) is 27.2 Å². The Kier molecular flexibility index (Phi) is 2.52. The molecule has 0 amide bonds. The highest BCUT2D eigenvalue weighted by Gasteiger charge is 2.30. The molecule has 1 heterocycles. The zero-order valence-electron chi connectivity index (χ0n) is 7.46. The fourth-order valence-corrected chi connectivity index (χ4v) is 1.25. The standard InChI is InChI=1S/C8H17NO2/c1-6(9)7-4-5-10-8(2,3)11-7/h6-7H,4-5,9H2,1-3H3/t6?,7-/m1/s1. The van der Waals surface area contributed by atoms with Crippen LogP contribution in [0.3, 0.4) is 0 Å². The van der Waals surface area contributed by atoms with E-state index in [-0.39, 0.29) is 12.1 Å². The van der Waals surface area contributed by atoms with E-state index in [4.69, 9.17) is 15.2 Å². The maximum Gasteiger partial charge on any atom is 0.163 e. The van der Waals surface area contributed by atoms with Gasteiger partial charge in [0, 0.05) is 6.04 Å². The van der Waals surface area contributed by atoms with Crippen LogP contribution in [0.2, 0.25) is 0 Å². The molecule has 0 spiro atoms. The molecule has 1 rings (SSSR count). The molecule has 3 nitrogen and oxygen atoms in total. The molecule has 1 fully saturated rings. The van der Waals surface area contributed by atoms with E-state index in [0.29, 0.717) is 0 Å². The van der Waals surface area contributed by atoms with Crippen molar-refractivity contribution in [3.8, 4) is 0 Å². The summed E-state index contributed by atoms with van der Waals surface area (Å²) in [5.41, 5.74) is 5.71. The highest BCUT2D eigenvalue weighted by atomic mass is 16.7. The van der Waals surface area contributed by atoms with Crippen LogP contribution in [0.15, 0.2) is 0 Å². The molecule has 2 N–H and O–H groups in total. The molecular formula is C8H17NO2. The lowest BCUT2D eigenvalue weighted by Gasteiger charge is -2.37. The van der Waals surface area contributed by atoms with Crippen molar-refractivity contribution in [3.05, 3.63) is 0 Å².